The molecule has 88 valence electrons. The number of hydrogen-bond acceptors (Lipinski definition) is 4. The summed E-state index contributed by atoms with van der Waals surface area (Å²) < 4.78 is 10.1. The second-order valence-corrected chi connectivity index (χ2v) is 4.41. The Balaban J connectivity index is 2.52. The smallest absolute Gasteiger partial charge is 0.334 e. The molecule has 0 aromatic carbocycles. The first kappa shape index (κ1) is 12.5. The van der Waals surface area contributed by atoms with Crippen molar-refractivity contribution in [2.75, 3.05) is 13.7 Å². The number of carbonyl (C=O) groups excluding carboxylic acids is 1. The van der Waals surface area contributed by atoms with Crippen molar-refractivity contribution in [2.24, 2.45) is 11.8 Å². The van der Waals surface area contributed by atoms with E-state index in [0.29, 0.717) is 12.5 Å². The number of hydrogen-bond donors (Lipinski definition) is 1. The predicted molar refractivity (Wildman–Crippen MR) is 55.3 cm³/mol. The van der Waals surface area contributed by atoms with Crippen molar-refractivity contribution in [2.45, 2.75) is 38.9 Å². The SMILES string of the molecule is COC(=O)C(O)C1CCOC(C(C)C)C1. The Kier molecular flexibility index (Phi) is 4.54. The zero-order valence-electron chi connectivity index (χ0n) is 9.60. The normalized spacial score (nSPS) is 28.9. The Morgan fingerprint density at radius 3 is 2.73 bits per heavy atom. The van der Waals surface area contributed by atoms with E-state index in [1.807, 2.05) is 0 Å². The molecule has 0 amide bonds. The van der Waals surface area contributed by atoms with Crippen LogP contribution in [0.1, 0.15) is 26.7 Å². The molecular weight excluding hydrogens is 196 g/mol. The monoisotopic (exact) mass is 216 g/mol. The molecule has 15 heavy (non-hydrogen) atoms. The van der Waals surface area contributed by atoms with Crippen LogP contribution in [0.15, 0.2) is 0 Å². The fraction of sp³-hybridized carbons (Fsp3) is 0.909. The van der Waals surface area contributed by atoms with E-state index in [9.17, 15) is 9.90 Å². The third kappa shape index (κ3) is 3.18. The fourth-order valence-corrected chi connectivity index (χ4v) is 1.92. The minimum atomic E-state index is -1.000. The van der Waals surface area contributed by atoms with E-state index in [1.54, 1.807) is 0 Å². The molecular formula is C11H20O4. The number of ether oxygens (including phenoxy) is 2. The van der Waals surface area contributed by atoms with Crippen LogP contribution in [0.25, 0.3) is 0 Å². The minimum absolute atomic E-state index is 0.0291. The Morgan fingerprint density at radius 1 is 1.53 bits per heavy atom. The van der Waals surface area contributed by atoms with Crippen molar-refractivity contribution in [1.29, 1.82) is 0 Å². The summed E-state index contributed by atoms with van der Waals surface area (Å²) in [6.45, 7) is 4.77. The van der Waals surface area contributed by atoms with Crippen LogP contribution >= 0.6 is 0 Å². The molecule has 0 bridgehead atoms. The largest absolute Gasteiger partial charge is 0.467 e. The fourth-order valence-electron chi connectivity index (χ4n) is 1.92. The molecule has 4 heteroatoms. The molecule has 0 aromatic heterocycles. The lowest BCUT2D eigenvalue weighted by atomic mass is 9.86. The molecule has 1 saturated heterocycles. The zero-order chi connectivity index (χ0) is 11.4. The van der Waals surface area contributed by atoms with Crippen LogP contribution in [-0.2, 0) is 14.3 Å². The van der Waals surface area contributed by atoms with Crippen molar-refractivity contribution in [3.8, 4) is 0 Å². The van der Waals surface area contributed by atoms with Crippen LogP contribution in [0.5, 0.6) is 0 Å². The van der Waals surface area contributed by atoms with E-state index in [4.69, 9.17) is 4.74 Å². The Hall–Kier alpha value is -0.610. The van der Waals surface area contributed by atoms with Gasteiger partial charge in [-0.1, -0.05) is 13.8 Å². The van der Waals surface area contributed by atoms with E-state index < -0.39 is 12.1 Å². The lowest BCUT2D eigenvalue weighted by Crippen LogP contribution is -2.39. The van der Waals surface area contributed by atoms with Gasteiger partial charge in [0, 0.05) is 12.5 Å². The maximum Gasteiger partial charge on any atom is 0.334 e. The third-order valence-electron chi connectivity index (χ3n) is 2.99. The molecule has 0 radical (unpaired) electrons. The van der Waals surface area contributed by atoms with Crippen LogP contribution in [0.4, 0.5) is 0 Å². The van der Waals surface area contributed by atoms with Gasteiger partial charge in [-0.3, -0.25) is 0 Å². The molecule has 3 unspecified atom stereocenters. The summed E-state index contributed by atoms with van der Waals surface area (Å²) in [5.41, 5.74) is 0. The second kappa shape index (κ2) is 5.47. The zero-order valence-corrected chi connectivity index (χ0v) is 9.60. The highest BCUT2D eigenvalue weighted by molar-refractivity contribution is 5.74. The van der Waals surface area contributed by atoms with Gasteiger partial charge < -0.3 is 14.6 Å². The van der Waals surface area contributed by atoms with Crippen molar-refractivity contribution < 1.29 is 19.4 Å². The average molecular weight is 216 g/mol. The van der Waals surface area contributed by atoms with Gasteiger partial charge in [-0.2, -0.15) is 0 Å². The highest BCUT2D eigenvalue weighted by Crippen LogP contribution is 2.27. The molecule has 0 saturated carbocycles. The lowest BCUT2D eigenvalue weighted by molar-refractivity contribution is -0.157. The maximum absolute atomic E-state index is 11.2. The van der Waals surface area contributed by atoms with Gasteiger partial charge >= 0.3 is 5.97 Å². The summed E-state index contributed by atoms with van der Waals surface area (Å²) in [5, 5.41) is 9.71. The van der Waals surface area contributed by atoms with Crippen LogP contribution < -0.4 is 0 Å². The van der Waals surface area contributed by atoms with Crippen molar-refractivity contribution >= 4 is 5.97 Å². The first-order valence-corrected chi connectivity index (χ1v) is 5.43. The highest BCUT2D eigenvalue weighted by atomic mass is 16.5. The van der Waals surface area contributed by atoms with Crippen LogP contribution in [0.2, 0.25) is 0 Å². The number of rotatable bonds is 3. The summed E-state index contributed by atoms with van der Waals surface area (Å²) in [4.78, 5) is 11.2. The van der Waals surface area contributed by atoms with Crippen LogP contribution in [0, 0.1) is 11.8 Å². The van der Waals surface area contributed by atoms with Gasteiger partial charge in [0.25, 0.3) is 0 Å². The molecule has 1 heterocycles. The van der Waals surface area contributed by atoms with Crippen molar-refractivity contribution in [3.05, 3.63) is 0 Å². The standard InChI is InChI=1S/C11H20O4/c1-7(2)9-6-8(4-5-15-9)10(12)11(13)14-3/h7-10,12H,4-6H2,1-3H3. The summed E-state index contributed by atoms with van der Waals surface area (Å²) in [7, 11) is 1.30. The summed E-state index contributed by atoms with van der Waals surface area (Å²) in [5.74, 6) is -0.152. The van der Waals surface area contributed by atoms with E-state index in [2.05, 4.69) is 18.6 Å². The third-order valence-corrected chi connectivity index (χ3v) is 2.99. The molecule has 1 rings (SSSR count). The molecule has 1 aliphatic heterocycles. The molecule has 0 spiro atoms. The van der Waals surface area contributed by atoms with E-state index in [1.165, 1.54) is 7.11 Å². The van der Waals surface area contributed by atoms with E-state index in [-0.39, 0.29) is 12.0 Å². The van der Waals surface area contributed by atoms with Gasteiger partial charge in [0.15, 0.2) is 6.10 Å². The molecule has 1 aliphatic rings. The van der Waals surface area contributed by atoms with Gasteiger partial charge in [-0.05, 0) is 18.8 Å². The Bertz CT molecular complexity index is 215. The van der Waals surface area contributed by atoms with Crippen molar-refractivity contribution in [3.63, 3.8) is 0 Å². The van der Waals surface area contributed by atoms with Gasteiger partial charge in [-0.25, -0.2) is 4.79 Å². The molecule has 1 fully saturated rings. The molecule has 0 aliphatic carbocycles. The van der Waals surface area contributed by atoms with Crippen LogP contribution in [0.3, 0.4) is 0 Å². The van der Waals surface area contributed by atoms with E-state index >= 15 is 0 Å². The molecule has 0 aromatic rings. The van der Waals surface area contributed by atoms with Crippen molar-refractivity contribution in [1.82, 2.24) is 0 Å². The molecule has 3 atom stereocenters. The number of carbonyl (C=O) groups is 1. The maximum atomic E-state index is 11.2. The first-order chi connectivity index (χ1) is 7.06. The first-order valence-electron chi connectivity index (χ1n) is 5.43. The molecule has 1 N–H and O–H groups in total. The minimum Gasteiger partial charge on any atom is -0.467 e. The summed E-state index contributed by atoms with van der Waals surface area (Å²) in [6.07, 6.45) is 0.594. The highest BCUT2D eigenvalue weighted by Gasteiger charge is 2.33. The van der Waals surface area contributed by atoms with Gasteiger partial charge in [-0.15, -0.1) is 0 Å². The quantitative estimate of drug-likeness (QED) is 0.714. The average Bonchev–Trinajstić information content (AvgIpc) is 2.27. The van der Waals surface area contributed by atoms with E-state index in [0.717, 1.165) is 12.8 Å². The predicted octanol–water partition coefficient (Wildman–Crippen LogP) is 0.971. The molecule has 4 nitrogen and oxygen atoms in total. The summed E-state index contributed by atoms with van der Waals surface area (Å²) in [6, 6.07) is 0. The Labute approximate surface area is 90.6 Å². The number of aliphatic hydroxyl groups excluding tert-OH is 1. The summed E-state index contributed by atoms with van der Waals surface area (Å²) >= 11 is 0. The Morgan fingerprint density at radius 2 is 2.20 bits per heavy atom. The number of esters is 1. The van der Waals surface area contributed by atoms with Gasteiger partial charge in [0.05, 0.1) is 13.2 Å². The second-order valence-electron chi connectivity index (χ2n) is 4.41. The number of aliphatic hydroxyl groups is 1. The van der Waals surface area contributed by atoms with Gasteiger partial charge in [0.1, 0.15) is 0 Å². The van der Waals surface area contributed by atoms with Crippen LogP contribution in [-0.4, -0.2) is 37.0 Å². The van der Waals surface area contributed by atoms with Gasteiger partial charge in [0.2, 0.25) is 0 Å². The topological polar surface area (TPSA) is 55.8 Å². The number of methoxy groups -OCH3 is 1. The lowest BCUT2D eigenvalue weighted by Gasteiger charge is -2.33.